The number of hydrazine groups is 1. The van der Waals surface area contributed by atoms with Crippen molar-refractivity contribution in [1.29, 1.82) is 0 Å². The number of carbonyl (C=O) groups is 2. The summed E-state index contributed by atoms with van der Waals surface area (Å²) in [5.41, 5.74) is 7.16. The molecule has 0 fully saturated rings. The Balaban J connectivity index is 1.47. The molecule has 1 aliphatic heterocycles. The van der Waals surface area contributed by atoms with Crippen molar-refractivity contribution in [3.8, 4) is 0 Å². The highest BCUT2D eigenvalue weighted by atomic mass is 32.2. The Hall–Kier alpha value is -3.13. The molecule has 2 heterocycles. The largest absolute Gasteiger partial charge is 0.296 e. The average Bonchev–Trinajstić information content (AvgIpc) is 3.21. The van der Waals surface area contributed by atoms with Gasteiger partial charge in [0, 0.05) is 29.8 Å². The van der Waals surface area contributed by atoms with E-state index in [0.717, 1.165) is 30.0 Å². The van der Waals surface area contributed by atoms with Gasteiger partial charge in [-0.25, -0.2) is 4.98 Å². The quantitative estimate of drug-likeness (QED) is 0.646. The Labute approximate surface area is 171 Å². The monoisotopic (exact) mass is 408 g/mol. The second kappa shape index (κ2) is 8.08. The molecule has 0 radical (unpaired) electrons. The standard InChI is InChI=1S/C21H20N4O3S/c1-29-12-13-4-6-14(7-5-13)19(26)23-24-20(27)15-8-9-16-17(11-15)22-18-3-2-10-25(18)21(16)28/h4-9,11H,2-3,10,12H2,1H3,(H,23,26)(H,24,27). The molecule has 7 nitrogen and oxygen atoms in total. The zero-order valence-electron chi connectivity index (χ0n) is 15.9. The van der Waals surface area contributed by atoms with Gasteiger partial charge in [-0.05, 0) is 48.6 Å². The van der Waals surface area contributed by atoms with E-state index in [9.17, 15) is 14.4 Å². The maximum absolute atomic E-state index is 12.5. The van der Waals surface area contributed by atoms with Crippen LogP contribution in [0.4, 0.5) is 0 Å². The molecule has 0 spiro atoms. The van der Waals surface area contributed by atoms with Crippen LogP contribution in [0.5, 0.6) is 0 Å². The van der Waals surface area contributed by atoms with Crippen LogP contribution in [0.25, 0.3) is 10.9 Å². The van der Waals surface area contributed by atoms with Crippen molar-refractivity contribution in [2.45, 2.75) is 25.1 Å². The van der Waals surface area contributed by atoms with E-state index in [4.69, 9.17) is 0 Å². The van der Waals surface area contributed by atoms with Gasteiger partial charge in [0.2, 0.25) is 0 Å². The summed E-state index contributed by atoms with van der Waals surface area (Å²) >= 11 is 1.71. The van der Waals surface area contributed by atoms with Crippen LogP contribution in [0.3, 0.4) is 0 Å². The van der Waals surface area contributed by atoms with Crippen molar-refractivity contribution in [2.24, 2.45) is 0 Å². The lowest BCUT2D eigenvalue weighted by Gasteiger charge is -2.09. The van der Waals surface area contributed by atoms with E-state index < -0.39 is 11.8 Å². The molecule has 1 aromatic heterocycles. The Bertz CT molecular complexity index is 1160. The minimum Gasteiger partial charge on any atom is -0.296 e. The third-order valence-electron chi connectivity index (χ3n) is 4.90. The summed E-state index contributed by atoms with van der Waals surface area (Å²) in [7, 11) is 0. The highest BCUT2D eigenvalue weighted by molar-refractivity contribution is 7.97. The van der Waals surface area contributed by atoms with Gasteiger partial charge in [-0.15, -0.1) is 0 Å². The Kier molecular flexibility index (Phi) is 5.35. The first kappa shape index (κ1) is 19.2. The fraction of sp³-hybridized carbons (Fsp3) is 0.238. The second-order valence-corrected chi connectivity index (χ2v) is 7.72. The first-order chi connectivity index (χ1) is 14.1. The molecular weight excluding hydrogens is 388 g/mol. The normalized spacial score (nSPS) is 12.6. The van der Waals surface area contributed by atoms with Crippen molar-refractivity contribution < 1.29 is 9.59 Å². The Morgan fingerprint density at radius 2 is 1.76 bits per heavy atom. The molecule has 148 valence electrons. The van der Waals surface area contributed by atoms with E-state index in [1.165, 1.54) is 0 Å². The zero-order valence-corrected chi connectivity index (χ0v) is 16.7. The molecule has 4 rings (SSSR count). The van der Waals surface area contributed by atoms with Gasteiger partial charge >= 0.3 is 0 Å². The molecule has 0 saturated carbocycles. The number of carbonyl (C=O) groups excluding carboxylic acids is 2. The van der Waals surface area contributed by atoms with Crippen molar-refractivity contribution in [1.82, 2.24) is 20.4 Å². The third kappa shape index (κ3) is 3.88. The summed E-state index contributed by atoms with van der Waals surface area (Å²) in [5, 5.41) is 0.488. The number of nitrogens with one attached hydrogen (secondary N) is 2. The second-order valence-electron chi connectivity index (χ2n) is 6.86. The van der Waals surface area contributed by atoms with Crippen LogP contribution < -0.4 is 16.4 Å². The lowest BCUT2D eigenvalue weighted by atomic mass is 10.1. The predicted molar refractivity (Wildman–Crippen MR) is 113 cm³/mol. The van der Waals surface area contributed by atoms with E-state index in [0.29, 0.717) is 28.6 Å². The van der Waals surface area contributed by atoms with Crippen molar-refractivity contribution in [3.63, 3.8) is 0 Å². The molecule has 2 amide bonds. The SMILES string of the molecule is CSCc1ccc(C(=O)NNC(=O)c2ccc3c(=O)n4c(nc3c2)CCC4)cc1. The number of aryl methyl sites for hydroxylation is 1. The molecule has 0 atom stereocenters. The van der Waals surface area contributed by atoms with Crippen LogP contribution in [0.1, 0.15) is 38.5 Å². The van der Waals surface area contributed by atoms with Gasteiger partial charge in [0.05, 0.1) is 10.9 Å². The highest BCUT2D eigenvalue weighted by Gasteiger charge is 2.17. The van der Waals surface area contributed by atoms with E-state index >= 15 is 0 Å². The van der Waals surface area contributed by atoms with Gasteiger partial charge in [0.1, 0.15) is 5.82 Å². The van der Waals surface area contributed by atoms with Gasteiger partial charge in [-0.2, -0.15) is 11.8 Å². The van der Waals surface area contributed by atoms with Crippen LogP contribution in [-0.2, 0) is 18.7 Å². The third-order valence-corrected chi connectivity index (χ3v) is 5.52. The summed E-state index contributed by atoms with van der Waals surface area (Å²) in [6.45, 7) is 0.684. The van der Waals surface area contributed by atoms with Gasteiger partial charge in [-0.1, -0.05) is 12.1 Å². The lowest BCUT2D eigenvalue weighted by molar-refractivity contribution is 0.0847. The summed E-state index contributed by atoms with van der Waals surface area (Å²) < 4.78 is 1.69. The van der Waals surface area contributed by atoms with Crippen LogP contribution in [0.15, 0.2) is 47.3 Å². The van der Waals surface area contributed by atoms with Crippen LogP contribution >= 0.6 is 11.8 Å². The number of aromatic nitrogens is 2. The number of nitrogens with zero attached hydrogens (tertiary/aromatic N) is 2. The van der Waals surface area contributed by atoms with E-state index in [2.05, 4.69) is 15.8 Å². The Morgan fingerprint density at radius 3 is 2.48 bits per heavy atom. The number of fused-ring (bicyclic) bond motifs is 2. The zero-order chi connectivity index (χ0) is 20.4. The smallest absolute Gasteiger partial charge is 0.269 e. The van der Waals surface area contributed by atoms with Crippen molar-refractivity contribution >= 4 is 34.5 Å². The lowest BCUT2D eigenvalue weighted by Crippen LogP contribution is -2.41. The number of thioether (sulfide) groups is 1. The number of hydrogen-bond acceptors (Lipinski definition) is 5. The summed E-state index contributed by atoms with van der Waals surface area (Å²) in [6, 6.07) is 12.0. The van der Waals surface area contributed by atoms with Gasteiger partial charge in [0.15, 0.2) is 0 Å². The minimum absolute atomic E-state index is 0.0762. The molecule has 2 aromatic carbocycles. The molecule has 8 heteroatoms. The highest BCUT2D eigenvalue weighted by Crippen LogP contribution is 2.16. The molecule has 3 aromatic rings. The minimum atomic E-state index is -0.471. The molecule has 0 unspecified atom stereocenters. The molecule has 29 heavy (non-hydrogen) atoms. The number of amides is 2. The maximum Gasteiger partial charge on any atom is 0.269 e. The van der Waals surface area contributed by atoms with Crippen LogP contribution in [0.2, 0.25) is 0 Å². The van der Waals surface area contributed by atoms with Crippen molar-refractivity contribution in [3.05, 3.63) is 75.3 Å². The first-order valence-corrected chi connectivity index (χ1v) is 10.7. The van der Waals surface area contributed by atoms with E-state index in [1.807, 2.05) is 18.4 Å². The van der Waals surface area contributed by atoms with Gasteiger partial charge in [0.25, 0.3) is 17.4 Å². The molecular formula is C21H20N4O3S. The molecule has 1 aliphatic rings. The molecule has 0 aliphatic carbocycles. The van der Waals surface area contributed by atoms with Gasteiger partial charge in [-0.3, -0.25) is 29.8 Å². The molecule has 0 bridgehead atoms. The number of rotatable bonds is 4. The summed E-state index contributed by atoms with van der Waals surface area (Å²) in [5.74, 6) is 0.755. The molecule has 2 N–H and O–H groups in total. The number of hydrogen-bond donors (Lipinski definition) is 2. The topological polar surface area (TPSA) is 93.1 Å². The van der Waals surface area contributed by atoms with E-state index in [1.54, 1.807) is 46.7 Å². The number of benzene rings is 2. The van der Waals surface area contributed by atoms with Crippen LogP contribution in [-0.4, -0.2) is 27.6 Å². The summed E-state index contributed by atoms with van der Waals surface area (Å²) in [6.07, 6.45) is 3.67. The Morgan fingerprint density at radius 1 is 1.07 bits per heavy atom. The summed E-state index contributed by atoms with van der Waals surface area (Å²) in [4.78, 5) is 41.7. The molecule has 0 saturated heterocycles. The first-order valence-electron chi connectivity index (χ1n) is 9.29. The van der Waals surface area contributed by atoms with E-state index in [-0.39, 0.29) is 5.56 Å². The average molecular weight is 408 g/mol. The van der Waals surface area contributed by atoms with Crippen molar-refractivity contribution in [2.75, 3.05) is 6.26 Å². The maximum atomic E-state index is 12.5. The fourth-order valence-corrected chi connectivity index (χ4v) is 3.93. The fourth-order valence-electron chi connectivity index (χ4n) is 3.40. The van der Waals surface area contributed by atoms with Gasteiger partial charge < -0.3 is 0 Å². The van der Waals surface area contributed by atoms with Crippen LogP contribution in [0, 0.1) is 0 Å². The predicted octanol–water partition coefficient (Wildman–Crippen LogP) is 2.28.